The third-order valence-electron chi connectivity index (χ3n) is 3.87. The van der Waals surface area contributed by atoms with Crippen molar-refractivity contribution in [3.8, 4) is 11.5 Å². The molecule has 0 radical (unpaired) electrons. The number of phenols is 2. The van der Waals surface area contributed by atoms with Gasteiger partial charge in [-0.2, -0.15) is 0 Å². The van der Waals surface area contributed by atoms with Crippen molar-refractivity contribution in [1.29, 1.82) is 0 Å². The van der Waals surface area contributed by atoms with E-state index in [1.807, 2.05) is 54.6 Å². The fraction of sp³-hybridized carbons (Fsp3) is 0.0476. The number of rotatable bonds is 4. The van der Waals surface area contributed by atoms with Crippen LogP contribution in [0.3, 0.4) is 0 Å². The minimum Gasteiger partial charge on any atom is -0.508 e. The molecule has 0 bridgehead atoms. The second-order valence-corrected chi connectivity index (χ2v) is 5.71. The Morgan fingerprint density at radius 1 is 0.625 bits per heavy atom. The summed E-state index contributed by atoms with van der Waals surface area (Å²) < 4.78 is 0. The molecular formula is C21H17ClO2. The second-order valence-electron chi connectivity index (χ2n) is 5.45. The van der Waals surface area contributed by atoms with Crippen molar-refractivity contribution in [3.63, 3.8) is 0 Å². The van der Waals surface area contributed by atoms with Crippen LogP contribution in [0.15, 0.2) is 78.9 Å². The predicted octanol–water partition coefficient (Wildman–Crippen LogP) is 5.30. The SMILES string of the molecule is Oc1ccc(C(=C(CCl)c2ccccc2)c2ccc(O)cc2)cc1. The predicted molar refractivity (Wildman–Crippen MR) is 99.3 cm³/mol. The summed E-state index contributed by atoms with van der Waals surface area (Å²) in [5, 5.41) is 19.2. The molecule has 120 valence electrons. The van der Waals surface area contributed by atoms with Crippen LogP contribution in [-0.2, 0) is 0 Å². The average Bonchev–Trinajstić information content (AvgIpc) is 2.62. The van der Waals surface area contributed by atoms with Gasteiger partial charge in [-0.3, -0.25) is 0 Å². The number of halogens is 1. The van der Waals surface area contributed by atoms with E-state index in [-0.39, 0.29) is 11.5 Å². The second kappa shape index (κ2) is 7.24. The van der Waals surface area contributed by atoms with Crippen LogP contribution in [-0.4, -0.2) is 16.1 Å². The van der Waals surface area contributed by atoms with E-state index in [2.05, 4.69) is 0 Å². The summed E-state index contributed by atoms with van der Waals surface area (Å²) in [4.78, 5) is 0. The van der Waals surface area contributed by atoms with E-state index >= 15 is 0 Å². The van der Waals surface area contributed by atoms with Crippen LogP contribution in [0.1, 0.15) is 16.7 Å². The molecule has 0 aliphatic heterocycles. The van der Waals surface area contributed by atoms with Gasteiger partial charge in [-0.1, -0.05) is 54.6 Å². The Morgan fingerprint density at radius 2 is 1.08 bits per heavy atom. The highest BCUT2D eigenvalue weighted by atomic mass is 35.5. The topological polar surface area (TPSA) is 40.5 Å². The van der Waals surface area contributed by atoms with Crippen molar-refractivity contribution in [2.24, 2.45) is 0 Å². The van der Waals surface area contributed by atoms with E-state index in [0.717, 1.165) is 27.8 Å². The number of hydrogen-bond acceptors (Lipinski definition) is 2. The summed E-state index contributed by atoms with van der Waals surface area (Å²) >= 11 is 6.30. The maximum atomic E-state index is 9.58. The Kier molecular flexibility index (Phi) is 4.88. The van der Waals surface area contributed by atoms with Gasteiger partial charge in [0.05, 0.1) is 0 Å². The molecule has 0 saturated carbocycles. The maximum Gasteiger partial charge on any atom is 0.115 e. The Balaban J connectivity index is 2.26. The third kappa shape index (κ3) is 3.44. The minimum atomic E-state index is 0.218. The lowest BCUT2D eigenvalue weighted by Gasteiger charge is -2.16. The first-order chi connectivity index (χ1) is 11.7. The highest BCUT2D eigenvalue weighted by molar-refractivity contribution is 6.25. The molecule has 0 amide bonds. The fourth-order valence-corrected chi connectivity index (χ4v) is 2.99. The molecule has 0 unspecified atom stereocenters. The van der Waals surface area contributed by atoms with Crippen LogP contribution < -0.4 is 0 Å². The molecule has 3 aromatic carbocycles. The number of phenolic OH excluding ortho intramolecular Hbond substituents is 2. The highest BCUT2D eigenvalue weighted by Crippen LogP contribution is 2.34. The lowest BCUT2D eigenvalue weighted by Crippen LogP contribution is -1.96. The standard InChI is InChI=1S/C21H17ClO2/c22-14-20(15-4-2-1-3-5-15)21(16-6-10-18(23)11-7-16)17-8-12-19(24)13-9-17/h1-13,23-24H,14H2. The molecule has 0 heterocycles. The molecule has 0 aliphatic carbocycles. The molecule has 0 fully saturated rings. The lowest BCUT2D eigenvalue weighted by atomic mass is 9.90. The summed E-state index contributed by atoms with van der Waals surface area (Å²) in [7, 11) is 0. The van der Waals surface area contributed by atoms with Gasteiger partial charge in [-0.15, -0.1) is 11.6 Å². The number of benzene rings is 3. The zero-order chi connectivity index (χ0) is 16.9. The van der Waals surface area contributed by atoms with Crippen LogP contribution in [0.5, 0.6) is 11.5 Å². The van der Waals surface area contributed by atoms with Crippen LogP contribution >= 0.6 is 11.6 Å². The van der Waals surface area contributed by atoms with Crippen LogP contribution in [0.4, 0.5) is 0 Å². The largest absolute Gasteiger partial charge is 0.508 e. The molecule has 0 saturated heterocycles. The number of allylic oxidation sites excluding steroid dienone is 1. The molecule has 0 aromatic heterocycles. The molecule has 24 heavy (non-hydrogen) atoms. The molecule has 3 rings (SSSR count). The van der Waals surface area contributed by atoms with Gasteiger partial charge in [-0.05, 0) is 52.1 Å². The number of aromatic hydroxyl groups is 2. The van der Waals surface area contributed by atoms with Crippen molar-refractivity contribution >= 4 is 22.7 Å². The van der Waals surface area contributed by atoms with Gasteiger partial charge in [0, 0.05) is 5.88 Å². The molecule has 2 nitrogen and oxygen atoms in total. The van der Waals surface area contributed by atoms with Gasteiger partial charge in [0.2, 0.25) is 0 Å². The van der Waals surface area contributed by atoms with E-state index in [0.29, 0.717) is 5.88 Å². The summed E-state index contributed by atoms with van der Waals surface area (Å²) in [5.41, 5.74) is 4.93. The van der Waals surface area contributed by atoms with Gasteiger partial charge >= 0.3 is 0 Å². The Hall–Kier alpha value is -2.71. The number of hydrogen-bond donors (Lipinski definition) is 2. The number of alkyl halides is 1. The Morgan fingerprint density at radius 3 is 1.50 bits per heavy atom. The monoisotopic (exact) mass is 336 g/mol. The van der Waals surface area contributed by atoms with Crippen molar-refractivity contribution in [1.82, 2.24) is 0 Å². The minimum absolute atomic E-state index is 0.218. The van der Waals surface area contributed by atoms with Crippen molar-refractivity contribution < 1.29 is 10.2 Å². The first-order valence-corrected chi connectivity index (χ1v) is 8.16. The van der Waals surface area contributed by atoms with Crippen molar-refractivity contribution in [2.45, 2.75) is 0 Å². The molecule has 0 atom stereocenters. The molecule has 3 aromatic rings. The zero-order valence-electron chi connectivity index (χ0n) is 13.0. The molecule has 0 spiro atoms. The summed E-state index contributed by atoms with van der Waals surface area (Å²) in [6.45, 7) is 0. The molecule has 2 N–H and O–H groups in total. The summed E-state index contributed by atoms with van der Waals surface area (Å²) in [6, 6.07) is 24.1. The third-order valence-corrected chi connectivity index (χ3v) is 4.14. The Labute approximate surface area is 146 Å². The van der Waals surface area contributed by atoms with E-state index in [1.54, 1.807) is 24.3 Å². The summed E-state index contributed by atoms with van der Waals surface area (Å²) in [6.07, 6.45) is 0. The lowest BCUT2D eigenvalue weighted by molar-refractivity contribution is 0.475. The molecular weight excluding hydrogens is 320 g/mol. The van der Waals surface area contributed by atoms with Gasteiger partial charge in [-0.25, -0.2) is 0 Å². The highest BCUT2D eigenvalue weighted by Gasteiger charge is 2.13. The molecule has 3 heteroatoms. The smallest absolute Gasteiger partial charge is 0.115 e. The quantitative estimate of drug-likeness (QED) is 0.501. The maximum absolute atomic E-state index is 9.58. The van der Waals surface area contributed by atoms with Crippen molar-refractivity contribution in [2.75, 3.05) is 5.88 Å². The van der Waals surface area contributed by atoms with E-state index < -0.39 is 0 Å². The van der Waals surface area contributed by atoms with Gasteiger partial charge in [0.25, 0.3) is 0 Å². The van der Waals surface area contributed by atoms with E-state index in [1.165, 1.54) is 0 Å². The van der Waals surface area contributed by atoms with Crippen LogP contribution in [0.25, 0.3) is 11.1 Å². The van der Waals surface area contributed by atoms with Gasteiger partial charge in [0.1, 0.15) is 11.5 Å². The van der Waals surface area contributed by atoms with Gasteiger partial charge in [0.15, 0.2) is 0 Å². The Bertz CT molecular complexity index is 788. The first kappa shape index (κ1) is 16.2. The molecule has 0 aliphatic rings. The zero-order valence-corrected chi connectivity index (χ0v) is 13.7. The van der Waals surface area contributed by atoms with Crippen LogP contribution in [0, 0.1) is 0 Å². The van der Waals surface area contributed by atoms with E-state index in [9.17, 15) is 10.2 Å². The normalized spacial score (nSPS) is 10.4. The van der Waals surface area contributed by atoms with Crippen LogP contribution in [0.2, 0.25) is 0 Å². The van der Waals surface area contributed by atoms with Crippen molar-refractivity contribution in [3.05, 3.63) is 95.6 Å². The summed E-state index contributed by atoms with van der Waals surface area (Å²) in [5.74, 6) is 0.785. The van der Waals surface area contributed by atoms with Gasteiger partial charge < -0.3 is 10.2 Å². The fourth-order valence-electron chi connectivity index (χ4n) is 2.70. The average molecular weight is 337 g/mol. The van der Waals surface area contributed by atoms with E-state index in [4.69, 9.17) is 11.6 Å². The first-order valence-electron chi connectivity index (χ1n) is 7.62.